The van der Waals surface area contributed by atoms with Gasteiger partial charge >= 0.3 is 0 Å². The minimum Gasteiger partial charge on any atom is -0.454 e. The third-order valence-electron chi connectivity index (χ3n) is 2.92. The molecule has 0 N–H and O–H groups in total. The van der Waals surface area contributed by atoms with Crippen LogP contribution in [0.25, 0.3) is 0 Å². The predicted molar refractivity (Wildman–Crippen MR) is 78.6 cm³/mol. The zero-order valence-corrected chi connectivity index (χ0v) is 11.9. The molecule has 0 saturated heterocycles. The molecule has 0 saturated carbocycles. The predicted octanol–water partition coefficient (Wildman–Crippen LogP) is 2.62. The zero-order valence-electron chi connectivity index (χ0n) is 11.9. The Labute approximate surface area is 131 Å². The molecule has 0 unspecified atom stereocenters. The number of hydrogen-bond donors (Lipinski definition) is 0. The van der Waals surface area contributed by atoms with Gasteiger partial charge in [0.15, 0.2) is 11.5 Å². The summed E-state index contributed by atoms with van der Waals surface area (Å²) in [7, 11) is 0. The normalized spacial score (nSPS) is 10.3. The highest BCUT2D eigenvalue weighted by Crippen LogP contribution is 2.20. The fraction of sp³-hybridized carbons (Fsp3) is 0.0625. The van der Waals surface area contributed by atoms with E-state index in [1.165, 1.54) is 43.1 Å². The average Bonchev–Trinajstić information content (AvgIpc) is 2.58. The first-order valence-electron chi connectivity index (χ1n) is 6.73. The van der Waals surface area contributed by atoms with Crippen molar-refractivity contribution in [1.29, 1.82) is 0 Å². The van der Waals surface area contributed by atoms with Crippen LogP contribution < -0.4 is 4.74 Å². The van der Waals surface area contributed by atoms with Crippen molar-refractivity contribution in [2.75, 3.05) is 0 Å². The van der Waals surface area contributed by atoms with Gasteiger partial charge in [0.1, 0.15) is 23.6 Å². The number of rotatable bonds is 5. The maximum atomic E-state index is 12.8. The molecule has 0 bridgehead atoms. The Morgan fingerprint density at radius 2 is 1.87 bits per heavy atom. The van der Waals surface area contributed by atoms with Gasteiger partial charge in [0.05, 0.1) is 25.0 Å². The van der Waals surface area contributed by atoms with Crippen LogP contribution in [0.2, 0.25) is 0 Å². The van der Waals surface area contributed by atoms with Gasteiger partial charge in [-0.15, -0.1) is 0 Å². The van der Waals surface area contributed by atoms with Gasteiger partial charge in [-0.05, 0) is 18.2 Å². The van der Waals surface area contributed by atoms with E-state index in [0.717, 1.165) is 6.20 Å². The van der Waals surface area contributed by atoms with Gasteiger partial charge in [-0.2, -0.15) is 0 Å². The van der Waals surface area contributed by atoms with E-state index < -0.39 is 5.82 Å². The van der Waals surface area contributed by atoms with Crippen molar-refractivity contribution in [3.05, 3.63) is 72.6 Å². The molecule has 3 aromatic rings. The van der Waals surface area contributed by atoms with E-state index >= 15 is 0 Å². The zero-order chi connectivity index (χ0) is 16.1. The van der Waals surface area contributed by atoms with Crippen LogP contribution in [-0.4, -0.2) is 25.7 Å². The second-order valence-corrected chi connectivity index (χ2v) is 4.62. The molecular weight excluding hydrogens is 299 g/mol. The second kappa shape index (κ2) is 6.69. The fourth-order valence-corrected chi connectivity index (χ4v) is 1.87. The fourth-order valence-electron chi connectivity index (χ4n) is 1.87. The van der Waals surface area contributed by atoms with Crippen LogP contribution in [0.1, 0.15) is 16.2 Å². The van der Waals surface area contributed by atoms with E-state index in [-0.39, 0.29) is 17.9 Å². The Bertz CT molecular complexity index is 810. The highest BCUT2D eigenvalue weighted by atomic mass is 19.1. The van der Waals surface area contributed by atoms with Crippen LogP contribution in [0.3, 0.4) is 0 Å². The van der Waals surface area contributed by atoms with Gasteiger partial charge in [-0.3, -0.25) is 14.8 Å². The maximum Gasteiger partial charge on any atom is 0.187 e. The quantitative estimate of drug-likeness (QED) is 0.674. The molecule has 0 spiro atoms. The molecule has 0 aliphatic heterocycles. The lowest BCUT2D eigenvalue weighted by Crippen LogP contribution is -2.07. The topological polar surface area (TPSA) is 77.9 Å². The SMILES string of the molecule is O=C(Cc1ccc(F)cn1)c1cc(Oc2cncnc2)ccn1. The Balaban J connectivity index is 1.73. The monoisotopic (exact) mass is 310 g/mol. The Hall–Kier alpha value is -3.22. The van der Waals surface area contributed by atoms with Crippen molar-refractivity contribution >= 4 is 5.78 Å². The largest absolute Gasteiger partial charge is 0.454 e. The number of ketones is 1. The van der Waals surface area contributed by atoms with Crippen LogP contribution in [0.4, 0.5) is 4.39 Å². The van der Waals surface area contributed by atoms with E-state index in [9.17, 15) is 9.18 Å². The molecule has 0 atom stereocenters. The highest BCUT2D eigenvalue weighted by molar-refractivity contribution is 5.95. The third kappa shape index (κ3) is 3.91. The molecule has 23 heavy (non-hydrogen) atoms. The minimum absolute atomic E-state index is 0.0329. The van der Waals surface area contributed by atoms with Gasteiger partial charge in [-0.25, -0.2) is 14.4 Å². The minimum atomic E-state index is -0.445. The van der Waals surface area contributed by atoms with E-state index in [0.29, 0.717) is 17.2 Å². The molecule has 3 rings (SSSR count). The molecule has 6 nitrogen and oxygen atoms in total. The molecule has 0 aromatic carbocycles. The highest BCUT2D eigenvalue weighted by Gasteiger charge is 2.11. The molecule has 0 aliphatic rings. The summed E-state index contributed by atoms with van der Waals surface area (Å²) >= 11 is 0. The van der Waals surface area contributed by atoms with Crippen molar-refractivity contribution in [1.82, 2.24) is 19.9 Å². The number of nitrogens with zero attached hydrogens (tertiary/aromatic N) is 4. The van der Waals surface area contributed by atoms with Gasteiger partial charge < -0.3 is 4.74 Å². The molecule has 0 amide bonds. The van der Waals surface area contributed by atoms with E-state index in [1.54, 1.807) is 6.07 Å². The smallest absolute Gasteiger partial charge is 0.187 e. The van der Waals surface area contributed by atoms with Crippen molar-refractivity contribution in [2.45, 2.75) is 6.42 Å². The van der Waals surface area contributed by atoms with E-state index in [4.69, 9.17) is 4.74 Å². The molecule has 3 aromatic heterocycles. The number of aromatic nitrogens is 4. The van der Waals surface area contributed by atoms with Crippen LogP contribution >= 0.6 is 0 Å². The summed E-state index contributed by atoms with van der Waals surface area (Å²) in [6, 6.07) is 5.88. The summed E-state index contributed by atoms with van der Waals surface area (Å²) in [4.78, 5) is 27.8. The Kier molecular flexibility index (Phi) is 4.28. The molecule has 0 fully saturated rings. The van der Waals surface area contributed by atoms with Crippen molar-refractivity contribution in [3.8, 4) is 11.5 Å². The van der Waals surface area contributed by atoms with Crippen molar-refractivity contribution in [2.24, 2.45) is 0 Å². The first-order chi connectivity index (χ1) is 11.2. The molecule has 7 heteroatoms. The maximum absolute atomic E-state index is 12.8. The summed E-state index contributed by atoms with van der Waals surface area (Å²) in [5.74, 6) is 0.223. The van der Waals surface area contributed by atoms with Crippen LogP contribution in [0, 0.1) is 5.82 Å². The van der Waals surface area contributed by atoms with Crippen LogP contribution in [-0.2, 0) is 6.42 Å². The third-order valence-corrected chi connectivity index (χ3v) is 2.92. The standard InChI is InChI=1S/C16H11FN4O2/c17-11-1-2-12(21-7-11)5-16(22)15-6-13(3-4-20-15)23-14-8-18-10-19-9-14/h1-4,6-10H,5H2. The number of carbonyl (C=O) groups is 1. The molecule has 114 valence electrons. The number of ether oxygens (including phenoxy) is 1. The number of hydrogen-bond acceptors (Lipinski definition) is 6. The first-order valence-corrected chi connectivity index (χ1v) is 6.73. The summed E-state index contributed by atoms with van der Waals surface area (Å²) in [5.41, 5.74) is 0.714. The summed E-state index contributed by atoms with van der Waals surface area (Å²) in [6.45, 7) is 0. The van der Waals surface area contributed by atoms with Gasteiger partial charge in [0.25, 0.3) is 0 Å². The van der Waals surface area contributed by atoms with Crippen molar-refractivity contribution < 1.29 is 13.9 Å². The number of Topliss-reactive ketones (excluding diaryl/α,β-unsaturated/α-hetero) is 1. The molecule has 0 radical (unpaired) electrons. The molecule has 0 aliphatic carbocycles. The van der Waals surface area contributed by atoms with Crippen molar-refractivity contribution in [3.63, 3.8) is 0 Å². The van der Waals surface area contributed by atoms with Gasteiger partial charge in [0, 0.05) is 18.0 Å². The summed E-state index contributed by atoms with van der Waals surface area (Å²) in [6.07, 6.45) is 7.00. The lowest BCUT2D eigenvalue weighted by atomic mass is 10.1. The van der Waals surface area contributed by atoms with Crippen LogP contribution in [0.5, 0.6) is 11.5 Å². The van der Waals surface area contributed by atoms with Gasteiger partial charge in [-0.1, -0.05) is 0 Å². The Morgan fingerprint density at radius 3 is 2.61 bits per heavy atom. The van der Waals surface area contributed by atoms with E-state index in [2.05, 4.69) is 19.9 Å². The first kappa shape index (κ1) is 14.7. The lowest BCUT2D eigenvalue weighted by Gasteiger charge is -2.06. The lowest BCUT2D eigenvalue weighted by molar-refractivity contribution is 0.0987. The van der Waals surface area contributed by atoms with E-state index in [1.807, 2.05) is 0 Å². The summed E-state index contributed by atoms with van der Waals surface area (Å²) < 4.78 is 18.4. The number of halogens is 1. The number of pyridine rings is 2. The summed E-state index contributed by atoms with van der Waals surface area (Å²) in [5, 5.41) is 0. The second-order valence-electron chi connectivity index (χ2n) is 4.62. The van der Waals surface area contributed by atoms with Crippen LogP contribution in [0.15, 0.2) is 55.4 Å². The number of carbonyl (C=O) groups excluding carboxylic acids is 1. The molecular formula is C16H11FN4O2. The Morgan fingerprint density at radius 1 is 1.04 bits per heavy atom. The van der Waals surface area contributed by atoms with Gasteiger partial charge in [0.2, 0.25) is 0 Å². The molecule has 3 heterocycles. The average molecular weight is 310 g/mol.